The molecule has 1 heterocycles. The molecule has 2 unspecified atom stereocenters. The minimum atomic E-state index is 0.0521. The SMILES string of the molecule is Cc1ccc(C)c(NC(=O)CN2CCCC(C)C2CN)c1. The van der Waals surface area contributed by atoms with Gasteiger partial charge in [0, 0.05) is 18.3 Å². The summed E-state index contributed by atoms with van der Waals surface area (Å²) in [6.07, 6.45) is 2.35. The van der Waals surface area contributed by atoms with Crippen molar-refractivity contribution in [3.8, 4) is 0 Å². The first-order valence-electron chi connectivity index (χ1n) is 7.82. The normalized spacial score (nSPS) is 23.0. The van der Waals surface area contributed by atoms with Crippen LogP contribution in [0.1, 0.15) is 30.9 Å². The van der Waals surface area contributed by atoms with Crippen LogP contribution in [0.4, 0.5) is 5.69 Å². The molecule has 116 valence electrons. The highest BCUT2D eigenvalue weighted by Crippen LogP contribution is 2.22. The number of hydrogen-bond acceptors (Lipinski definition) is 3. The fourth-order valence-electron chi connectivity index (χ4n) is 3.16. The molecule has 1 aromatic rings. The topological polar surface area (TPSA) is 58.4 Å². The second-order valence-electron chi connectivity index (χ2n) is 6.26. The lowest BCUT2D eigenvalue weighted by Crippen LogP contribution is -2.51. The number of likely N-dealkylation sites (tertiary alicyclic amines) is 1. The number of rotatable bonds is 4. The Bertz CT molecular complexity index is 501. The van der Waals surface area contributed by atoms with Gasteiger partial charge < -0.3 is 11.1 Å². The number of amides is 1. The van der Waals surface area contributed by atoms with Gasteiger partial charge in [0.1, 0.15) is 0 Å². The maximum absolute atomic E-state index is 12.3. The third-order valence-electron chi connectivity index (χ3n) is 4.49. The van der Waals surface area contributed by atoms with E-state index in [4.69, 9.17) is 5.73 Å². The number of piperidine rings is 1. The molecule has 21 heavy (non-hydrogen) atoms. The molecule has 4 nitrogen and oxygen atoms in total. The van der Waals surface area contributed by atoms with E-state index in [1.165, 1.54) is 6.42 Å². The van der Waals surface area contributed by atoms with Crippen molar-refractivity contribution in [3.05, 3.63) is 29.3 Å². The Hall–Kier alpha value is -1.39. The number of nitrogens with one attached hydrogen (secondary N) is 1. The molecular formula is C17H27N3O. The Morgan fingerprint density at radius 2 is 2.19 bits per heavy atom. The predicted octanol–water partition coefficient (Wildman–Crippen LogP) is 2.30. The summed E-state index contributed by atoms with van der Waals surface area (Å²) < 4.78 is 0. The lowest BCUT2D eigenvalue weighted by molar-refractivity contribution is -0.118. The highest BCUT2D eigenvalue weighted by molar-refractivity contribution is 5.93. The van der Waals surface area contributed by atoms with Gasteiger partial charge in [-0.1, -0.05) is 19.1 Å². The first-order chi connectivity index (χ1) is 10.0. The van der Waals surface area contributed by atoms with Crippen molar-refractivity contribution in [1.82, 2.24) is 4.90 Å². The molecule has 0 bridgehead atoms. The van der Waals surface area contributed by atoms with Crippen LogP contribution in [0.15, 0.2) is 18.2 Å². The molecule has 0 spiro atoms. The van der Waals surface area contributed by atoms with Gasteiger partial charge in [-0.3, -0.25) is 9.69 Å². The highest BCUT2D eigenvalue weighted by Gasteiger charge is 2.28. The summed E-state index contributed by atoms with van der Waals surface area (Å²) in [7, 11) is 0. The Morgan fingerprint density at radius 3 is 2.90 bits per heavy atom. The Morgan fingerprint density at radius 1 is 1.43 bits per heavy atom. The number of carbonyl (C=O) groups is 1. The summed E-state index contributed by atoms with van der Waals surface area (Å²) in [4.78, 5) is 14.5. The molecule has 2 atom stereocenters. The molecule has 2 rings (SSSR count). The maximum atomic E-state index is 12.3. The van der Waals surface area contributed by atoms with Crippen LogP contribution in [-0.4, -0.2) is 36.5 Å². The van der Waals surface area contributed by atoms with Gasteiger partial charge in [-0.25, -0.2) is 0 Å². The van der Waals surface area contributed by atoms with Crippen LogP contribution < -0.4 is 11.1 Å². The lowest BCUT2D eigenvalue weighted by atomic mass is 9.91. The maximum Gasteiger partial charge on any atom is 0.238 e. The largest absolute Gasteiger partial charge is 0.329 e. The quantitative estimate of drug-likeness (QED) is 0.894. The number of benzene rings is 1. The van der Waals surface area contributed by atoms with Gasteiger partial charge in [0.2, 0.25) is 5.91 Å². The number of nitrogens with two attached hydrogens (primary N) is 1. The zero-order valence-corrected chi connectivity index (χ0v) is 13.4. The van der Waals surface area contributed by atoms with Crippen molar-refractivity contribution < 1.29 is 4.79 Å². The van der Waals surface area contributed by atoms with Crippen molar-refractivity contribution in [2.45, 2.75) is 39.7 Å². The average molecular weight is 289 g/mol. The first kappa shape index (κ1) is 16.0. The second-order valence-corrected chi connectivity index (χ2v) is 6.26. The van der Waals surface area contributed by atoms with Crippen LogP contribution >= 0.6 is 0 Å². The summed E-state index contributed by atoms with van der Waals surface area (Å²) in [6, 6.07) is 6.44. The van der Waals surface area contributed by atoms with Crippen molar-refractivity contribution in [1.29, 1.82) is 0 Å². The number of carbonyl (C=O) groups excluding carboxylic acids is 1. The number of nitrogens with zero attached hydrogens (tertiary/aromatic N) is 1. The Balaban J connectivity index is 1.99. The minimum Gasteiger partial charge on any atom is -0.329 e. The molecule has 1 aliphatic heterocycles. The minimum absolute atomic E-state index is 0.0521. The van der Waals surface area contributed by atoms with E-state index in [9.17, 15) is 4.79 Å². The smallest absolute Gasteiger partial charge is 0.238 e. The summed E-state index contributed by atoms with van der Waals surface area (Å²) in [5.74, 6) is 0.619. The van der Waals surface area contributed by atoms with E-state index in [0.717, 1.165) is 29.8 Å². The molecule has 1 amide bonds. The summed E-state index contributed by atoms with van der Waals surface area (Å²) in [5, 5.41) is 3.04. The lowest BCUT2D eigenvalue weighted by Gasteiger charge is -2.38. The van der Waals surface area contributed by atoms with Crippen LogP contribution in [0.2, 0.25) is 0 Å². The fraction of sp³-hybridized carbons (Fsp3) is 0.588. The second kappa shape index (κ2) is 7.05. The van der Waals surface area contributed by atoms with Crippen LogP contribution in [0, 0.1) is 19.8 Å². The van der Waals surface area contributed by atoms with Crippen LogP contribution in [0.3, 0.4) is 0 Å². The number of anilines is 1. The van der Waals surface area contributed by atoms with Gasteiger partial charge >= 0.3 is 0 Å². The molecule has 1 fully saturated rings. The summed E-state index contributed by atoms with van der Waals surface area (Å²) in [5.41, 5.74) is 9.04. The van der Waals surface area contributed by atoms with Crippen LogP contribution in [0.25, 0.3) is 0 Å². The van der Waals surface area contributed by atoms with Gasteiger partial charge in [0.05, 0.1) is 6.54 Å². The number of aryl methyl sites for hydroxylation is 2. The molecule has 0 radical (unpaired) electrons. The Kier molecular flexibility index (Phi) is 5.37. The molecule has 4 heteroatoms. The van der Waals surface area contributed by atoms with E-state index in [1.807, 2.05) is 26.0 Å². The van der Waals surface area contributed by atoms with Crippen LogP contribution in [0.5, 0.6) is 0 Å². The molecule has 1 aromatic carbocycles. The van der Waals surface area contributed by atoms with E-state index < -0.39 is 0 Å². The predicted molar refractivity (Wildman–Crippen MR) is 87.4 cm³/mol. The van der Waals surface area contributed by atoms with E-state index >= 15 is 0 Å². The standard InChI is InChI=1S/C17H27N3O/c1-12-6-7-13(2)15(9-12)19-17(21)11-20-8-4-5-14(3)16(20)10-18/h6-7,9,14,16H,4-5,8,10-11,18H2,1-3H3,(H,19,21). The molecule has 1 saturated heterocycles. The van der Waals surface area contributed by atoms with E-state index in [2.05, 4.69) is 23.2 Å². The van der Waals surface area contributed by atoms with E-state index in [0.29, 0.717) is 25.0 Å². The van der Waals surface area contributed by atoms with Gasteiger partial charge in [-0.2, -0.15) is 0 Å². The van der Waals surface area contributed by atoms with Gasteiger partial charge in [0.15, 0.2) is 0 Å². The molecule has 0 saturated carbocycles. The first-order valence-corrected chi connectivity index (χ1v) is 7.82. The molecule has 0 aliphatic carbocycles. The summed E-state index contributed by atoms with van der Waals surface area (Å²) >= 11 is 0. The van der Waals surface area contributed by atoms with E-state index in [-0.39, 0.29) is 5.91 Å². The van der Waals surface area contributed by atoms with Gasteiger partial charge in [0.25, 0.3) is 0 Å². The summed E-state index contributed by atoms with van der Waals surface area (Å²) in [6.45, 7) is 8.29. The third-order valence-corrected chi connectivity index (χ3v) is 4.49. The van der Waals surface area contributed by atoms with Gasteiger partial charge in [-0.05, 0) is 56.3 Å². The molecule has 1 aliphatic rings. The van der Waals surface area contributed by atoms with E-state index in [1.54, 1.807) is 0 Å². The van der Waals surface area contributed by atoms with Crippen molar-refractivity contribution in [2.24, 2.45) is 11.7 Å². The zero-order valence-electron chi connectivity index (χ0n) is 13.4. The average Bonchev–Trinajstić information content (AvgIpc) is 2.43. The van der Waals surface area contributed by atoms with Crippen molar-refractivity contribution >= 4 is 11.6 Å². The third kappa shape index (κ3) is 4.05. The monoisotopic (exact) mass is 289 g/mol. The highest BCUT2D eigenvalue weighted by atomic mass is 16.2. The number of hydrogen-bond donors (Lipinski definition) is 2. The zero-order chi connectivity index (χ0) is 15.4. The molecular weight excluding hydrogens is 262 g/mol. The fourth-order valence-corrected chi connectivity index (χ4v) is 3.16. The van der Waals surface area contributed by atoms with Crippen molar-refractivity contribution in [2.75, 3.05) is 25.0 Å². The van der Waals surface area contributed by atoms with Crippen molar-refractivity contribution in [3.63, 3.8) is 0 Å². The Labute approximate surface area is 127 Å². The molecule has 0 aromatic heterocycles. The molecule has 3 N–H and O–H groups in total. The van der Waals surface area contributed by atoms with Crippen LogP contribution in [-0.2, 0) is 4.79 Å². The van der Waals surface area contributed by atoms with Gasteiger partial charge in [-0.15, -0.1) is 0 Å².